The lowest BCUT2D eigenvalue weighted by atomic mass is 10.3. The molecule has 1 aliphatic heterocycles. The summed E-state index contributed by atoms with van der Waals surface area (Å²) >= 11 is 7.98. The molecule has 2 heterocycles. The smallest absolute Gasteiger partial charge is 0.237 e. The molecule has 1 aromatic rings. The van der Waals surface area contributed by atoms with E-state index in [1.165, 1.54) is 11.1 Å². The summed E-state index contributed by atoms with van der Waals surface area (Å²) in [6.45, 7) is 0.0183. The number of halogens is 3. The predicted octanol–water partition coefficient (Wildman–Crippen LogP) is 2.01. The third-order valence-corrected chi connectivity index (χ3v) is 5.52. The summed E-state index contributed by atoms with van der Waals surface area (Å²) in [7, 11) is 1.53. The van der Waals surface area contributed by atoms with Crippen molar-refractivity contribution in [1.29, 1.82) is 0 Å². The Labute approximate surface area is 127 Å². The van der Waals surface area contributed by atoms with E-state index in [1.807, 2.05) is 22.6 Å². The number of pyridine rings is 1. The van der Waals surface area contributed by atoms with Crippen molar-refractivity contribution in [2.24, 2.45) is 0 Å². The van der Waals surface area contributed by atoms with Crippen LogP contribution < -0.4 is 4.90 Å². The van der Waals surface area contributed by atoms with Crippen LogP contribution in [0.4, 0.5) is 5.69 Å². The fourth-order valence-corrected chi connectivity index (χ4v) is 3.93. The van der Waals surface area contributed by atoms with E-state index in [0.29, 0.717) is 14.3 Å². The second-order valence-corrected chi connectivity index (χ2v) is 8.24. The number of hydrogen-bond donors (Lipinski definition) is 0. The molecule has 1 unspecified atom stereocenters. The highest BCUT2D eigenvalue weighted by molar-refractivity contribution is 14.1. The zero-order chi connectivity index (χ0) is 13.5. The Balaban J connectivity index is 2.39. The Morgan fingerprint density at radius 1 is 1.44 bits per heavy atom. The second-order valence-electron chi connectivity index (χ2n) is 3.76. The van der Waals surface area contributed by atoms with Gasteiger partial charge in [-0.05, 0) is 22.6 Å². The minimum absolute atomic E-state index is 0.0183. The van der Waals surface area contributed by atoms with E-state index >= 15 is 0 Å². The summed E-state index contributed by atoms with van der Waals surface area (Å²) in [5, 5.41) is -0.588. The molecular formula is C9H7Cl2IN2O3S. The van der Waals surface area contributed by atoms with Crippen LogP contribution in [0.25, 0.3) is 0 Å². The van der Waals surface area contributed by atoms with Gasteiger partial charge in [0.05, 0.1) is 14.3 Å². The van der Waals surface area contributed by atoms with Crippen LogP contribution in [0.5, 0.6) is 0 Å². The average molecular weight is 421 g/mol. The number of carbonyl (C=O) groups excluding carboxylic acids is 1. The summed E-state index contributed by atoms with van der Waals surface area (Å²) in [5.74, 6) is -0.310. The molecule has 98 valence electrons. The fourth-order valence-electron chi connectivity index (χ4n) is 1.74. The van der Waals surface area contributed by atoms with Crippen molar-refractivity contribution >= 4 is 65.5 Å². The van der Waals surface area contributed by atoms with E-state index < -0.39 is 14.3 Å². The van der Waals surface area contributed by atoms with Crippen LogP contribution in [0.3, 0.4) is 0 Å². The molecule has 1 amide bonds. The van der Waals surface area contributed by atoms with Crippen molar-refractivity contribution in [3.05, 3.63) is 21.0 Å². The first-order chi connectivity index (χ1) is 8.30. The highest BCUT2D eigenvalue weighted by Crippen LogP contribution is 2.34. The molecule has 0 spiro atoms. The molecule has 0 saturated carbocycles. The molecule has 1 aliphatic rings. The minimum Gasteiger partial charge on any atom is -0.308 e. The van der Waals surface area contributed by atoms with E-state index in [2.05, 4.69) is 4.98 Å². The van der Waals surface area contributed by atoms with Gasteiger partial charge in [0, 0.05) is 36.0 Å². The number of amides is 1. The van der Waals surface area contributed by atoms with Gasteiger partial charge < -0.3 is 4.90 Å². The van der Waals surface area contributed by atoms with Gasteiger partial charge in [0.1, 0.15) is 5.25 Å². The molecule has 0 bridgehead atoms. The molecule has 0 aromatic carbocycles. The summed E-state index contributed by atoms with van der Waals surface area (Å²) in [4.78, 5) is 17.1. The van der Waals surface area contributed by atoms with Crippen molar-refractivity contribution in [3.8, 4) is 0 Å². The van der Waals surface area contributed by atoms with Crippen molar-refractivity contribution in [2.75, 3.05) is 11.4 Å². The van der Waals surface area contributed by atoms with Gasteiger partial charge in [-0.2, -0.15) is 0 Å². The van der Waals surface area contributed by atoms with Crippen molar-refractivity contribution in [3.63, 3.8) is 0 Å². The molecule has 0 radical (unpaired) electrons. The van der Waals surface area contributed by atoms with E-state index in [1.54, 1.807) is 6.20 Å². The van der Waals surface area contributed by atoms with Crippen LogP contribution in [0, 0.1) is 3.57 Å². The lowest BCUT2D eigenvalue weighted by Gasteiger charge is -2.18. The highest BCUT2D eigenvalue weighted by Gasteiger charge is 2.39. The number of hydrogen-bond acceptors (Lipinski definition) is 4. The van der Waals surface area contributed by atoms with Crippen LogP contribution in [0.2, 0.25) is 5.02 Å². The SMILES string of the molecule is O=C1CC(S(=O)(=O)Cl)CN1c1c(Cl)cncc1I. The molecule has 5 nitrogen and oxygen atoms in total. The zero-order valence-corrected chi connectivity index (χ0v) is 13.3. The van der Waals surface area contributed by atoms with Crippen LogP contribution >= 0.6 is 44.9 Å². The number of rotatable bonds is 2. The number of carbonyl (C=O) groups is 1. The van der Waals surface area contributed by atoms with Gasteiger partial charge in [0.15, 0.2) is 0 Å². The van der Waals surface area contributed by atoms with Crippen LogP contribution in [-0.2, 0) is 13.8 Å². The first kappa shape index (κ1) is 14.3. The predicted molar refractivity (Wildman–Crippen MR) is 77.5 cm³/mol. The maximum Gasteiger partial charge on any atom is 0.237 e. The van der Waals surface area contributed by atoms with Gasteiger partial charge >= 0.3 is 0 Å². The highest BCUT2D eigenvalue weighted by atomic mass is 127. The third-order valence-electron chi connectivity index (χ3n) is 2.59. The molecule has 0 aliphatic carbocycles. The first-order valence-corrected chi connectivity index (χ1v) is 8.66. The molecule has 9 heteroatoms. The Morgan fingerprint density at radius 3 is 2.61 bits per heavy atom. The Bertz CT molecular complexity index is 588. The van der Waals surface area contributed by atoms with Gasteiger partial charge in [-0.1, -0.05) is 11.6 Å². The molecular weight excluding hydrogens is 414 g/mol. The number of nitrogens with zero attached hydrogens (tertiary/aromatic N) is 2. The largest absolute Gasteiger partial charge is 0.308 e. The van der Waals surface area contributed by atoms with Gasteiger partial charge in [-0.25, -0.2) is 8.42 Å². The normalized spacial score (nSPS) is 20.5. The van der Waals surface area contributed by atoms with Gasteiger partial charge in [0.2, 0.25) is 15.0 Å². The van der Waals surface area contributed by atoms with Gasteiger partial charge in [-0.15, -0.1) is 0 Å². The topological polar surface area (TPSA) is 67.3 Å². The van der Waals surface area contributed by atoms with E-state index in [9.17, 15) is 13.2 Å². The first-order valence-electron chi connectivity index (χ1n) is 4.83. The Hall–Kier alpha value is -0.120. The monoisotopic (exact) mass is 420 g/mol. The van der Waals surface area contributed by atoms with Crippen molar-refractivity contribution in [1.82, 2.24) is 4.98 Å². The maximum absolute atomic E-state index is 11.9. The summed E-state index contributed by atoms with van der Waals surface area (Å²) in [6, 6.07) is 0. The second kappa shape index (κ2) is 5.10. The number of anilines is 1. The summed E-state index contributed by atoms with van der Waals surface area (Å²) in [6.07, 6.45) is 2.84. The lowest BCUT2D eigenvalue weighted by molar-refractivity contribution is -0.117. The van der Waals surface area contributed by atoms with E-state index in [-0.39, 0.29) is 18.9 Å². The zero-order valence-electron chi connectivity index (χ0n) is 8.81. The molecule has 0 N–H and O–H groups in total. The van der Waals surface area contributed by atoms with Gasteiger partial charge in [-0.3, -0.25) is 9.78 Å². The van der Waals surface area contributed by atoms with Crippen molar-refractivity contribution in [2.45, 2.75) is 11.7 Å². The Kier molecular flexibility index (Phi) is 4.05. The van der Waals surface area contributed by atoms with Crippen LogP contribution in [-0.4, -0.2) is 31.1 Å². The van der Waals surface area contributed by atoms with Gasteiger partial charge in [0.25, 0.3) is 0 Å². The standard InChI is InChI=1S/C9H7Cl2IN2O3S/c10-6-2-13-3-7(12)9(6)14-4-5(1-8(14)15)18(11,16)17/h2-3,5H,1,4H2. The lowest BCUT2D eigenvalue weighted by Crippen LogP contribution is -2.27. The van der Waals surface area contributed by atoms with Crippen LogP contribution in [0.1, 0.15) is 6.42 Å². The molecule has 1 fully saturated rings. The van der Waals surface area contributed by atoms with Crippen LogP contribution in [0.15, 0.2) is 12.4 Å². The van der Waals surface area contributed by atoms with Crippen molar-refractivity contribution < 1.29 is 13.2 Å². The Morgan fingerprint density at radius 2 is 2.11 bits per heavy atom. The van der Waals surface area contributed by atoms with E-state index in [4.69, 9.17) is 22.3 Å². The average Bonchev–Trinajstić information content (AvgIpc) is 2.60. The molecule has 1 atom stereocenters. The molecule has 1 saturated heterocycles. The maximum atomic E-state index is 11.9. The van der Waals surface area contributed by atoms with E-state index in [0.717, 1.165) is 0 Å². The molecule has 2 rings (SSSR count). The quantitative estimate of drug-likeness (QED) is 0.542. The summed E-state index contributed by atoms with van der Waals surface area (Å²) < 4.78 is 23.2. The summed E-state index contributed by atoms with van der Waals surface area (Å²) in [5.41, 5.74) is 0.486. The fraction of sp³-hybridized carbons (Fsp3) is 0.333. The molecule has 18 heavy (non-hydrogen) atoms. The third kappa shape index (κ3) is 2.73. The number of aromatic nitrogens is 1. The minimum atomic E-state index is -3.75. The molecule has 1 aromatic heterocycles.